The van der Waals surface area contributed by atoms with Crippen molar-refractivity contribution in [2.75, 3.05) is 31.9 Å². The summed E-state index contributed by atoms with van der Waals surface area (Å²) in [6.45, 7) is 1.77. The number of hydrogen-bond donors (Lipinski definition) is 1. The number of nitrogens with zero attached hydrogens (tertiary/aromatic N) is 2. The quantitative estimate of drug-likeness (QED) is 0.742. The summed E-state index contributed by atoms with van der Waals surface area (Å²) in [6.07, 6.45) is 8.76. The Labute approximate surface area is 156 Å². The number of carbonyl (C=O) groups excluding carboxylic acids is 2. The van der Waals surface area contributed by atoms with Crippen LogP contribution >= 0.6 is 0 Å². The lowest BCUT2D eigenvalue weighted by Crippen LogP contribution is -2.42. The second-order valence-electron chi connectivity index (χ2n) is 7.81. The van der Waals surface area contributed by atoms with Gasteiger partial charge in [-0.25, -0.2) is 12.7 Å². The van der Waals surface area contributed by atoms with Gasteiger partial charge in [0.1, 0.15) is 0 Å². The van der Waals surface area contributed by atoms with Gasteiger partial charge < -0.3 is 10.2 Å². The normalized spacial score (nSPS) is 26.2. The third-order valence-electron chi connectivity index (χ3n) is 5.91. The van der Waals surface area contributed by atoms with Gasteiger partial charge in [-0.2, -0.15) is 0 Å². The Morgan fingerprint density at radius 1 is 1.04 bits per heavy atom. The standard InChI is InChI=1S/C18H31N3O4S/c22-17-13-15(14-21(17)16-7-3-1-4-8-16)18(23)19-9-12-26(24,25)20-10-5-2-6-11-20/h15-16H,1-14H2,(H,19,23). The van der Waals surface area contributed by atoms with Crippen LogP contribution in [-0.2, 0) is 19.6 Å². The molecule has 0 aromatic heterocycles. The smallest absolute Gasteiger partial charge is 0.225 e. The zero-order valence-corrected chi connectivity index (χ0v) is 16.3. The number of nitrogens with one attached hydrogen (secondary N) is 1. The summed E-state index contributed by atoms with van der Waals surface area (Å²) < 4.78 is 26.2. The van der Waals surface area contributed by atoms with Crippen molar-refractivity contribution in [3.63, 3.8) is 0 Å². The Kier molecular flexibility index (Phi) is 6.55. The number of likely N-dealkylation sites (tertiary alicyclic amines) is 1. The van der Waals surface area contributed by atoms with Crippen LogP contribution in [0.25, 0.3) is 0 Å². The van der Waals surface area contributed by atoms with Crippen molar-refractivity contribution in [1.82, 2.24) is 14.5 Å². The number of hydrogen-bond acceptors (Lipinski definition) is 4. The lowest BCUT2D eigenvalue weighted by Gasteiger charge is -2.31. The predicted octanol–water partition coefficient (Wildman–Crippen LogP) is 1.10. The van der Waals surface area contributed by atoms with Crippen LogP contribution in [0.1, 0.15) is 57.8 Å². The molecule has 1 unspecified atom stereocenters. The molecule has 3 aliphatic rings. The van der Waals surface area contributed by atoms with Crippen molar-refractivity contribution in [3.05, 3.63) is 0 Å². The lowest BCUT2D eigenvalue weighted by molar-refractivity contribution is -0.130. The fourth-order valence-corrected chi connectivity index (χ4v) is 5.81. The monoisotopic (exact) mass is 385 g/mol. The maximum atomic E-state index is 12.4. The van der Waals surface area contributed by atoms with Gasteiger partial charge in [0.15, 0.2) is 0 Å². The van der Waals surface area contributed by atoms with E-state index in [4.69, 9.17) is 0 Å². The van der Waals surface area contributed by atoms with E-state index in [-0.39, 0.29) is 42.5 Å². The molecular formula is C18H31N3O4S. The van der Waals surface area contributed by atoms with Crippen LogP contribution in [-0.4, -0.2) is 67.4 Å². The Bertz CT molecular complexity index is 610. The van der Waals surface area contributed by atoms with Crippen molar-refractivity contribution in [2.24, 2.45) is 5.92 Å². The van der Waals surface area contributed by atoms with Crippen molar-refractivity contribution >= 4 is 21.8 Å². The van der Waals surface area contributed by atoms with E-state index in [9.17, 15) is 18.0 Å². The number of sulfonamides is 1. The van der Waals surface area contributed by atoms with Crippen LogP contribution in [0.3, 0.4) is 0 Å². The molecule has 148 valence electrons. The first-order chi connectivity index (χ1) is 12.5. The molecule has 26 heavy (non-hydrogen) atoms. The van der Waals surface area contributed by atoms with E-state index >= 15 is 0 Å². The molecule has 0 radical (unpaired) electrons. The minimum absolute atomic E-state index is 0.0637. The fraction of sp³-hybridized carbons (Fsp3) is 0.889. The number of amides is 2. The Morgan fingerprint density at radius 2 is 1.69 bits per heavy atom. The molecule has 0 spiro atoms. The molecule has 1 N–H and O–H groups in total. The molecule has 1 atom stereocenters. The Hall–Kier alpha value is -1.15. The van der Waals surface area contributed by atoms with E-state index in [0.29, 0.717) is 19.6 Å². The summed E-state index contributed by atoms with van der Waals surface area (Å²) in [5, 5.41) is 2.74. The first-order valence-corrected chi connectivity index (χ1v) is 11.6. The zero-order chi connectivity index (χ0) is 18.6. The summed E-state index contributed by atoms with van der Waals surface area (Å²) in [6, 6.07) is 0.286. The van der Waals surface area contributed by atoms with Crippen molar-refractivity contribution < 1.29 is 18.0 Å². The first kappa shape index (κ1) is 19.6. The molecule has 2 aliphatic heterocycles. The molecule has 7 nitrogen and oxygen atoms in total. The van der Waals surface area contributed by atoms with Gasteiger partial charge in [-0.3, -0.25) is 9.59 Å². The average molecular weight is 386 g/mol. The average Bonchev–Trinajstić information content (AvgIpc) is 3.05. The molecule has 1 saturated carbocycles. The van der Waals surface area contributed by atoms with E-state index in [0.717, 1.165) is 44.9 Å². The van der Waals surface area contributed by atoms with Gasteiger partial charge in [0.05, 0.1) is 11.7 Å². The molecule has 2 saturated heterocycles. The van der Waals surface area contributed by atoms with Gasteiger partial charge >= 0.3 is 0 Å². The van der Waals surface area contributed by atoms with Crippen LogP contribution in [0, 0.1) is 5.92 Å². The fourth-order valence-electron chi connectivity index (χ4n) is 4.37. The summed E-state index contributed by atoms with van der Waals surface area (Å²) in [5.41, 5.74) is 0. The minimum atomic E-state index is -3.30. The Morgan fingerprint density at radius 3 is 2.38 bits per heavy atom. The highest BCUT2D eigenvalue weighted by Crippen LogP contribution is 2.28. The molecule has 2 heterocycles. The highest BCUT2D eigenvalue weighted by Gasteiger charge is 2.38. The van der Waals surface area contributed by atoms with Crippen LogP contribution in [0.15, 0.2) is 0 Å². The summed E-state index contributed by atoms with van der Waals surface area (Å²) in [4.78, 5) is 26.5. The second kappa shape index (κ2) is 8.69. The SMILES string of the molecule is O=C(NCCS(=O)(=O)N1CCCCC1)C1CC(=O)N(C2CCCCC2)C1. The van der Waals surface area contributed by atoms with Crippen molar-refractivity contribution in [2.45, 2.75) is 63.8 Å². The number of rotatable bonds is 6. The van der Waals surface area contributed by atoms with E-state index in [2.05, 4.69) is 5.32 Å². The van der Waals surface area contributed by atoms with Crippen molar-refractivity contribution in [1.29, 1.82) is 0 Å². The van der Waals surface area contributed by atoms with E-state index < -0.39 is 10.0 Å². The zero-order valence-electron chi connectivity index (χ0n) is 15.5. The van der Waals surface area contributed by atoms with Gasteiger partial charge in [-0.15, -0.1) is 0 Å². The largest absolute Gasteiger partial charge is 0.355 e. The lowest BCUT2D eigenvalue weighted by atomic mass is 9.94. The predicted molar refractivity (Wildman–Crippen MR) is 98.9 cm³/mol. The molecule has 0 aromatic carbocycles. The molecular weight excluding hydrogens is 354 g/mol. The summed E-state index contributed by atoms with van der Waals surface area (Å²) in [7, 11) is -3.30. The highest BCUT2D eigenvalue weighted by molar-refractivity contribution is 7.89. The topological polar surface area (TPSA) is 86.8 Å². The molecule has 1 aliphatic carbocycles. The number of piperidine rings is 1. The number of carbonyl (C=O) groups is 2. The summed E-state index contributed by atoms with van der Waals surface area (Å²) >= 11 is 0. The van der Waals surface area contributed by atoms with E-state index in [1.807, 2.05) is 4.90 Å². The molecule has 8 heteroatoms. The first-order valence-electron chi connectivity index (χ1n) is 10.0. The summed E-state index contributed by atoms with van der Waals surface area (Å²) in [5.74, 6) is -0.531. The van der Waals surface area contributed by atoms with Gasteiger partial charge in [0.2, 0.25) is 21.8 Å². The maximum absolute atomic E-state index is 12.4. The molecule has 0 aromatic rings. The molecule has 2 amide bonds. The maximum Gasteiger partial charge on any atom is 0.225 e. The van der Waals surface area contributed by atoms with Gasteiger partial charge in [0.25, 0.3) is 0 Å². The molecule has 3 rings (SSSR count). The van der Waals surface area contributed by atoms with Crippen LogP contribution < -0.4 is 5.32 Å². The Balaban J connectivity index is 1.44. The van der Waals surface area contributed by atoms with Gasteiger partial charge in [0, 0.05) is 38.6 Å². The van der Waals surface area contributed by atoms with Crippen LogP contribution in [0.4, 0.5) is 0 Å². The highest BCUT2D eigenvalue weighted by atomic mass is 32.2. The van der Waals surface area contributed by atoms with Crippen LogP contribution in [0.5, 0.6) is 0 Å². The third kappa shape index (κ3) is 4.76. The van der Waals surface area contributed by atoms with E-state index in [1.54, 1.807) is 0 Å². The molecule has 0 bridgehead atoms. The van der Waals surface area contributed by atoms with E-state index in [1.165, 1.54) is 10.7 Å². The molecule has 3 fully saturated rings. The van der Waals surface area contributed by atoms with Gasteiger partial charge in [-0.1, -0.05) is 25.7 Å². The minimum Gasteiger partial charge on any atom is -0.355 e. The third-order valence-corrected chi connectivity index (χ3v) is 7.78. The second-order valence-corrected chi connectivity index (χ2v) is 9.89. The van der Waals surface area contributed by atoms with Crippen molar-refractivity contribution in [3.8, 4) is 0 Å². The van der Waals surface area contributed by atoms with Gasteiger partial charge in [-0.05, 0) is 25.7 Å². The van der Waals surface area contributed by atoms with Crippen LogP contribution in [0.2, 0.25) is 0 Å².